The minimum absolute atomic E-state index is 0.118. The maximum absolute atomic E-state index is 12.7. The number of thioether (sulfide) groups is 1. The lowest BCUT2D eigenvalue weighted by Crippen LogP contribution is -2.32. The van der Waals surface area contributed by atoms with Crippen LogP contribution in [-0.2, 0) is 11.3 Å². The summed E-state index contributed by atoms with van der Waals surface area (Å²) in [6, 6.07) is 22.3. The lowest BCUT2D eigenvalue weighted by atomic mass is 10.1. The van der Waals surface area contributed by atoms with Gasteiger partial charge in [0.25, 0.3) is 0 Å². The average Bonchev–Trinajstić information content (AvgIpc) is 2.67. The van der Waals surface area contributed by atoms with Crippen LogP contribution in [0.25, 0.3) is 10.8 Å². The Labute approximate surface area is 159 Å². The number of nitrogens with zero attached hydrogens (tertiary/aromatic N) is 1. The second-order valence-electron chi connectivity index (χ2n) is 6.31. The van der Waals surface area contributed by atoms with Gasteiger partial charge in [0.15, 0.2) is 0 Å². The highest BCUT2D eigenvalue weighted by atomic mass is 32.2. The third kappa shape index (κ3) is 4.38. The molecule has 0 aromatic heterocycles. The molecule has 26 heavy (non-hydrogen) atoms. The molecule has 0 saturated heterocycles. The fraction of sp³-hybridized carbons (Fsp3) is 0.227. The van der Waals surface area contributed by atoms with Crippen molar-refractivity contribution in [1.29, 1.82) is 0 Å². The van der Waals surface area contributed by atoms with E-state index in [1.54, 1.807) is 23.8 Å². The summed E-state index contributed by atoms with van der Waals surface area (Å²) in [6.45, 7) is 2.56. The van der Waals surface area contributed by atoms with Gasteiger partial charge in [-0.1, -0.05) is 36.4 Å². The van der Waals surface area contributed by atoms with Crippen LogP contribution in [0.5, 0.6) is 5.75 Å². The first-order valence-corrected chi connectivity index (χ1v) is 9.48. The average molecular weight is 365 g/mol. The number of rotatable bonds is 6. The highest BCUT2D eigenvalue weighted by molar-refractivity contribution is 8.00. The molecule has 3 rings (SSSR count). The van der Waals surface area contributed by atoms with Crippen molar-refractivity contribution in [2.24, 2.45) is 0 Å². The predicted molar refractivity (Wildman–Crippen MR) is 109 cm³/mol. The molecule has 0 aliphatic heterocycles. The molecule has 1 atom stereocenters. The van der Waals surface area contributed by atoms with E-state index in [0.717, 1.165) is 27.0 Å². The van der Waals surface area contributed by atoms with Crippen LogP contribution in [0.1, 0.15) is 12.5 Å². The molecule has 3 nitrogen and oxygen atoms in total. The van der Waals surface area contributed by atoms with E-state index in [1.165, 1.54) is 0 Å². The number of hydrogen-bond donors (Lipinski definition) is 0. The molecular weight excluding hydrogens is 342 g/mol. The number of methoxy groups -OCH3 is 1. The molecule has 0 aliphatic carbocycles. The second-order valence-corrected chi connectivity index (χ2v) is 7.73. The van der Waals surface area contributed by atoms with E-state index in [2.05, 4.69) is 18.2 Å². The van der Waals surface area contributed by atoms with Gasteiger partial charge in [0.1, 0.15) is 5.75 Å². The number of benzene rings is 3. The molecule has 3 aromatic carbocycles. The third-order valence-corrected chi connectivity index (χ3v) is 5.41. The molecule has 0 saturated carbocycles. The van der Waals surface area contributed by atoms with Crippen LogP contribution in [0.4, 0.5) is 0 Å². The van der Waals surface area contributed by atoms with E-state index in [0.29, 0.717) is 6.54 Å². The van der Waals surface area contributed by atoms with Crippen LogP contribution >= 0.6 is 11.8 Å². The van der Waals surface area contributed by atoms with E-state index in [-0.39, 0.29) is 11.2 Å². The van der Waals surface area contributed by atoms with Crippen LogP contribution < -0.4 is 4.74 Å². The van der Waals surface area contributed by atoms with Crippen molar-refractivity contribution in [3.8, 4) is 5.75 Å². The summed E-state index contributed by atoms with van der Waals surface area (Å²) in [6.07, 6.45) is 0. The Hall–Kier alpha value is -2.46. The van der Waals surface area contributed by atoms with Crippen molar-refractivity contribution in [3.63, 3.8) is 0 Å². The Morgan fingerprint density at radius 1 is 1.04 bits per heavy atom. The molecular formula is C22H23NO2S. The zero-order chi connectivity index (χ0) is 18.5. The van der Waals surface area contributed by atoms with Crippen molar-refractivity contribution < 1.29 is 9.53 Å². The van der Waals surface area contributed by atoms with Crippen LogP contribution in [0, 0.1) is 0 Å². The SMILES string of the molecule is COc1ccc2cc(CN(C)C(=O)C(C)Sc3ccccc3)ccc2c1. The van der Waals surface area contributed by atoms with Crippen LogP contribution in [0.3, 0.4) is 0 Å². The van der Waals surface area contributed by atoms with Crippen LogP contribution in [-0.4, -0.2) is 30.2 Å². The fourth-order valence-electron chi connectivity index (χ4n) is 2.91. The standard InChI is InChI=1S/C22H23NO2S/c1-16(26-21-7-5-4-6-8-21)22(24)23(2)15-17-9-10-19-14-20(25-3)12-11-18(19)13-17/h4-14,16H,15H2,1-3H3. The molecule has 1 amide bonds. The van der Waals surface area contributed by atoms with Crippen molar-refractivity contribution >= 4 is 28.4 Å². The number of amides is 1. The monoisotopic (exact) mass is 365 g/mol. The first-order chi connectivity index (χ1) is 12.6. The molecule has 0 radical (unpaired) electrons. The largest absolute Gasteiger partial charge is 0.497 e. The smallest absolute Gasteiger partial charge is 0.235 e. The van der Waals surface area contributed by atoms with Gasteiger partial charge in [0.2, 0.25) is 5.91 Å². The van der Waals surface area contributed by atoms with Crippen molar-refractivity contribution in [2.45, 2.75) is 23.6 Å². The van der Waals surface area contributed by atoms with Gasteiger partial charge < -0.3 is 9.64 Å². The van der Waals surface area contributed by atoms with E-state index < -0.39 is 0 Å². The fourth-order valence-corrected chi connectivity index (χ4v) is 3.92. The van der Waals surface area contributed by atoms with Gasteiger partial charge in [-0.25, -0.2) is 0 Å². The highest BCUT2D eigenvalue weighted by Crippen LogP contribution is 2.25. The number of carbonyl (C=O) groups excluding carboxylic acids is 1. The Morgan fingerprint density at radius 3 is 2.46 bits per heavy atom. The minimum Gasteiger partial charge on any atom is -0.497 e. The number of hydrogen-bond acceptors (Lipinski definition) is 3. The molecule has 0 bridgehead atoms. The summed E-state index contributed by atoms with van der Waals surface area (Å²) in [5.41, 5.74) is 1.12. The van der Waals surface area contributed by atoms with Crippen LogP contribution in [0.2, 0.25) is 0 Å². The molecule has 3 aromatic rings. The lowest BCUT2D eigenvalue weighted by molar-refractivity contribution is -0.129. The lowest BCUT2D eigenvalue weighted by Gasteiger charge is -2.21. The molecule has 0 fully saturated rings. The normalized spacial score (nSPS) is 12.0. The zero-order valence-corrected chi connectivity index (χ0v) is 16.1. The van der Waals surface area contributed by atoms with Gasteiger partial charge in [-0.2, -0.15) is 0 Å². The number of ether oxygens (including phenoxy) is 1. The first-order valence-electron chi connectivity index (χ1n) is 8.60. The summed E-state index contributed by atoms with van der Waals surface area (Å²) in [5, 5.41) is 2.16. The zero-order valence-electron chi connectivity index (χ0n) is 15.3. The highest BCUT2D eigenvalue weighted by Gasteiger charge is 2.18. The quantitative estimate of drug-likeness (QED) is 0.577. The Kier molecular flexibility index (Phi) is 5.84. The number of fused-ring (bicyclic) bond motifs is 1. The minimum atomic E-state index is -0.118. The maximum Gasteiger partial charge on any atom is 0.235 e. The van der Waals surface area contributed by atoms with E-state index in [4.69, 9.17) is 4.74 Å². The summed E-state index contributed by atoms with van der Waals surface area (Å²) in [7, 11) is 3.54. The maximum atomic E-state index is 12.7. The second kappa shape index (κ2) is 8.28. The summed E-state index contributed by atoms with van der Waals surface area (Å²) in [4.78, 5) is 15.6. The van der Waals surface area contributed by atoms with Gasteiger partial charge in [-0.05, 0) is 53.6 Å². The third-order valence-electron chi connectivity index (χ3n) is 4.31. The van der Waals surface area contributed by atoms with Gasteiger partial charge in [0.05, 0.1) is 12.4 Å². The molecule has 0 N–H and O–H groups in total. The molecule has 4 heteroatoms. The Balaban J connectivity index is 1.67. The van der Waals surface area contributed by atoms with Gasteiger partial charge >= 0.3 is 0 Å². The molecule has 0 heterocycles. The van der Waals surface area contributed by atoms with Crippen molar-refractivity contribution in [2.75, 3.05) is 14.2 Å². The van der Waals surface area contributed by atoms with Gasteiger partial charge in [-0.3, -0.25) is 4.79 Å². The number of carbonyl (C=O) groups is 1. The van der Waals surface area contributed by atoms with E-state index >= 15 is 0 Å². The summed E-state index contributed by atoms with van der Waals surface area (Å²) in [5.74, 6) is 0.984. The van der Waals surface area contributed by atoms with E-state index in [1.807, 2.05) is 62.5 Å². The Morgan fingerprint density at radius 2 is 1.73 bits per heavy atom. The van der Waals surface area contributed by atoms with Crippen LogP contribution in [0.15, 0.2) is 71.6 Å². The van der Waals surface area contributed by atoms with E-state index in [9.17, 15) is 4.79 Å². The topological polar surface area (TPSA) is 29.5 Å². The Bertz CT molecular complexity index is 895. The summed E-state index contributed by atoms with van der Waals surface area (Å²) >= 11 is 1.59. The van der Waals surface area contributed by atoms with Gasteiger partial charge in [0, 0.05) is 18.5 Å². The van der Waals surface area contributed by atoms with Crippen molar-refractivity contribution in [3.05, 3.63) is 72.3 Å². The van der Waals surface area contributed by atoms with Gasteiger partial charge in [-0.15, -0.1) is 11.8 Å². The molecule has 0 aliphatic rings. The first kappa shape index (κ1) is 18.3. The van der Waals surface area contributed by atoms with Crippen molar-refractivity contribution in [1.82, 2.24) is 4.90 Å². The molecule has 1 unspecified atom stereocenters. The predicted octanol–water partition coefficient (Wildman–Crippen LogP) is 4.99. The molecule has 0 spiro atoms. The molecule has 134 valence electrons. The summed E-state index contributed by atoms with van der Waals surface area (Å²) < 4.78 is 5.27.